The fraction of sp³-hybridized carbons (Fsp3) is 0.357. The molecule has 1 atom stereocenters. The topological polar surface area (TPSA) is 90.2 Å². The highest BCUT2D eigenvalue weighted by molar-refractivity contribution is 8.00. The maximum Gasteiger partial charge on any atom is 0.327 e. The van der Waals surface area contributed by atoms with E-state index in [4.69, 9.17) is 5.11 Å². The Morgan fingerprint density at radius 1 is 1.38 bits per heavy atom. The van der Waals surface area contributed by atoms with Crippen LogP contribution in [-0.4, -0.2) is 34.5 Å². The third-order valence-electron chi connectivity index (χ3n) is 2.48. The van der Waals surface area contributed by atoms with Crippen LogP contribution >= 0.6 is 23.5 Å². The molecule has 0 fully saturated rings. The summed E-state index contributed by atoms with van der Waals surface area (Å²) >= 11 is 2.83. The van der Waals surface area contributed by atoms with Crippen LogP contribution in [-0.2, 0) is 9.59 Å². The Balaban J connectivity index is 2.87. The van der Waals surface area contributed by atoms with Crippen LogP contribution in [0, 0.1) is 11.3 Å². The van der Waals surface area contributed by atoms with Gasteiger partial charge in [-0.3, -0.25) is 4.79 Å². The van der Waals surface area contributed by atoms with E-state index in [1.807, 2.05) is 19.1 Å². The molecule has 0 aliphatic heterocycles. The zero-order chi connectivity index (χ0) is 15.8. The van der Waals surface area contributed by atoms with E-state index in [9.17, 15) is 14.9 Å². The molecule has 1 amide bonds. The summed E-state index contributed by atoms with van der Waals surface area (Å²) in [5, 5.41) is 20.7. The molecule has 5 nitrogen and oxygen atoms in total. The van der Waals surface area contributed by atoms with Crippen molar-refractivity contribution in [2.45, 2.75) is 29.7 Å². The van der Waals surface area contributed by atoms with Crippen LogP contribution in [0.1, 0.15) is 19.4 Å². The van der Waals surface area contributed by atoms with Gasteiger partial charge < -0.3 is 10.4 Å². The van der Waals surface area contributed by atoms with Gasteiger partial charge in [0.15, 0.2) is 0 Å². The zero-order valence-corrected chi connectivity index (χ0v) is 13.4. The number of nitrogens with zero attached hydrogens (tertiary/aromatic N) is 1. The number of carboxylic acids is 1. The second kappa shape index (κ2) is 8.60. The zero-order valence-electron chi connectivity index (χ0n) is 11.8. The number of carbonyl (C=O) groups excluding carboxylic acids is 1. The first-order valence-corrected chi connectivity index (χ1v) is 8.25. The fourth-order valence-corrected chi connectivity index (χ4v) is 3.51. The predicted octanol–water partition coefficient (Wildman–Crippen LogP) is 2.35. The summed E-state index contributed by atoms with van der Waals surface area (Å²) in [6.45, 7) is 3.28. The molecule has 1 aromatic carbocycles. The lowest BCUT2D eigenvalue weighted by Gasteiger charge is -2.14. The van der Waals surface area contributed by atoms with Gasteiger partial charge in [-0.2, -0.15) is 5.26 Å². The highest BCUT2D eigenvalue weighted by atomic mass is 32.2. The van der Waals surface area contributed by atoms with Crippen molar-refractivity contribution in [1.82, 2.24) is 5.32 Å². The minimum Gasteiger partial charge on any atom is -0.480 e. The molecule has 112 valence electrons. The van der Waals surface area contributed by atoms with Crippen LogP contribution in [0.15, 0.2) is 28.0 Å². The summed E-state index contributed by atoms with van der Waals surface area (Å²) in [4.78, 5) is 23.7. The van der Waals surface area contributed by atoms with Crippen molar-refractivity contribution in [2.75, 3.05) is 11.5 Å². The van der Waals surface area contributed by atoms with Gasteiger partial charge in [0.2, 0.25) is 5.91 Å². The summed E-state index contributed by atoms with van der Waals surface area (Å²) in [5.41, 5.74) is 0.557. The van der Waals surface area contributed by atoms with E-state index in [-0.39, 0.29) is 5.75 Å². The third-order valence-corrected chi connectivity index (χ3v) is 4.57. The molecule has 21 heavy (non-hydrogen) atoms. The van der Waals surface area contributed by atoms with E-state index >= 15 is 0 Å². The minimum absolute atomic E-state index is 0.170. The van der Waals surface area contributed by atoms with E-state index in [0.29, 0.717) is 5.56 Å². The monoisotopic (exact) mass is 324 g/mol. The van der Waals surface area contributed by atoms with Crippen LogP contribution in [0.25, 0.3) is 0 Å². The molecule has 0 unspecified atom stereocenters. The lowest BCUT2D eigenvalue weighted by Crippen LogP contribution is -2.41. The van der Waals surface area contributed by atoms with E-state index in [1.54, 1.807) is 17.8 Å². The highest BCUT2D eigenvalue weighted by Gasteiger charge is 2.19. The predicted molar refractivity (Wildman–Crippen MR) is 83.5 cm³/mol. The Morgan fingerprint density at radius 3 is 2.48 bits per heavy atom. The summed E-state index contributed by atoms with van der Waals surface area (Å²) < 4.78 is 0. The fourth-order valence-electron chi connectivity index (χ4n) is 1.61. The first-order chi connectivity index (χ1) is 9.99. The van der Waals surface area contributed by atoms with Gasteiger partial charge >= 0.3 is 5.97 Å². The van der Waals surface area contributed by atoms with Crippen LogP contribution < -0.4 is 5.32 Å². The number of carbonyl (C=O) groups is 2. The molecular formula is C14H16N2O3S2. The van der Waals surface area contributed by atoms with Crippen molar-refractivity contribution in [3.8, 4) is 6.07 Å². The van der Waals surface area contributed by atoms with Crippen molar-refractivity contribution in [1.29, 1.82) is 5.26 Å². The van der Waals surface area contributed by atoms with Gasteiger partial charge in [0, 0.05) is 22.5 Å². The van der Waals surface area contributed by atoms with Crippen molar-refractivity contribution >= 4 is 35.4 Å². The number of hydrogen-bond donors (Lipinski definition) is 2. The molecule has 0 radical (unpaired) electrons. The van der Waals surface area contributed by atoms with Crippen LogP contribution in [0.5, 0.6) is 0 Å². The first-order valence-electron chi connectivity index (χ1n) is 6.28. The number of carboxylic acid groups (broad SMARTS) is 1. The SMILES string of the molecule is CCSc1cccc(SC[C@H](NC(C)=O)C(=O)O)c1C#N. The molecule has 7 heteroatoms. The number of hydrogen-bond acceptors (Lipinski definition) is 5. The Morgan fingerprint density at radius 2 is 2.00 bits per heavy atom. The number of nitrogens with one attached hydrogen (secondary N) is 1. The number of nitriles is 1. The average Bonchev–Trinajstić information content (AvgIpc) is 2.43. The largest absolute Gasteiger partial charge is 0.480 e. The number of rotatable bonds is 7. The van der Waals surface area contributed by atoms with Gasteiger partial charge in [-0.25, -0.2) is 4.79 Å². The number of benzene rings is 1. The van der Waals surface area contributed by atoms with Gasteiger partial charge in [0.05, 0.1) is 5.56 Å². The molecule has 2 N–H and O–H groups in total. The molecule has 0 saturated heterocycles. The Hall–Kier alpha value is -1.65. The maximum absolute atomic E-state index is 11.1. The second-order valence-electron chi connectivity index (χ2n) is 4.08. The molecule has 0 spiro atoms. The highest BCUT2D eigenvalue weighted by Crippen LogP contribution is 2.31. The summed E-state index contributed by atoms with van der Waals surface area (Å²) in [5.74, 6) is -0.454. The van der Waals surface area contributed by atoms with Gasteiger partial charge in [-0.05, 0) is 17.9 Å². The molecule has 0 aliphatic rings. The Bertz CT molecular complexity index is 570. The Kier molecular flexibility index (Phi) is 7.12. The van der Waals surface area contributed by atoms with Gasteiger partial charge in [-0.15, -0.1) is 23.5 Å². The van der Waals surface area contributed by atoms with Gasteiger partial charge in [0.25, 0.3) is 0 Å². The van der Waals surface area contributed by atoms with E-state index in [2.05, 4.69) is 11.4 Å². The smallest absolute Gasteiger partial charge is 0.327 e. The van der Waals surface area contributed by atoms with Crippen molar-refractivity contribution in [3.05, 3.63) is 23.8 Å². The lowest BCUT2D eigenvalue weighted by molar-refractivity contribution is -0.140. The van der Waals surface area contributed by atoms with Crippen molar-refractivity contribution < 1.29 is 14.7 Å². The number of thioether (sulfide) groups is 2. The molecule has 0 heterocycles. The average molecular weight is 324 g/mol. The van der Waals surface area contributed by atoms with E-state index in [1.165, 1.54) is 18.7 Å². The molecule has 1 rings (SSSR count). The van der Waals surface area contributed by atoms with Crippen molar-refractivity contribution in [2.24, 2.45) is 0 Å². The van der Waals surface area contributed by atoms with E-state index in [0.717, 1.165) is 15.5 Å². The summed E-state index contributed by atoms with van der Waals surface area (Å²) in [6.07, 6.45) is 0. The third kappa shape index (κ3) is 5.33. The van der Waals surface area contributed by atoms with Gasteiger partial charge in [-0.1, -0.05) is 13.0 Å². The van der Waals surface area contributed by atoms with E-state index < -0.39 is 17.9 Å². The standard InChI is InChI=1S/C14H16N2O3S2/c1-3-20-12-5-4-6-13(10(12)7-15)21-8-11(14(18)19)16-9(2)17/h4-6,11H,3,8H2,1-2H3,(H,16,17)(H,18,19)/t11-/m0/s1. The minimum atomic E-state index is -1.09. The first kappa shape index (κ1) is 17.4. The summed E-state index contributed by atoms with van der Waals surface area (Å²) in [7, 11) is 0. The molecule has 1 aromatic rings. The second-order valence-corrected chi connectivity index (χ2v) is 6.44. The van der Waals surface area contributed by atoms with Crippen LogP contribution in [0.2, 0.25) is 0 Å². The summed E-state index contributed by atoms with van der Waals surface area (Å²) in [6, 6.07) is 6.70. The lowest BCUT2D eigenvalue weighted by atomic mass is 10.2. The quantitative estimate of drug-likeness (QED) is 0.748. The molecule has 0 aromatic heterocycles. The van der Waals surface area contributed by atoms with Crippen LogP contribution in [0.4, 0.5) is 0 Å². The number of amides is 1. The molecule has 0 aliphatic carbocycles. The maximum atomic E-state index is 11.1. The molecular weight excluding hydrogens is 308 g/mol. The molecule has 0 saturated carbocycles. The van der Waals surface area contributed by atoms with Crippen LogP contribution in [0.3, 0.4) is 0 Å². The number of aliphatic carboxylic acids is 1. The Labute approximate surface area is 132 Å². The van der Waals surface area contributed by atoms with Crippen molar-refractivity contribution in [3.63, 3.8) is 0 Å². The van der Waals surface area contributed by atoms with Gasteiger partial charge in [0.1, 0.15) is 12.1 Å². The normalized spacial score (nSPS) is 11.5. The molecule has 0 bridgehead atoms.